The van der Waals surface area contributed by atoms with E-state index in [1.165, 1.54) is 94.6 Å². The Morgan fingerprint density at radius 2 is 0.714 bits per heavy atom. The van der Waals surface area contributed by atoms with Crippen LogP contribution in [0, 0.1) is 0 Å². The summed E-state index contributed by atoms with van der Waals surface area (Å²) in [5.74, 6) is -2.92. The van der Waals surface area contributed by atoms with Gasteiger partial charge in [0, 0.05) is 30.6 Å². The Balaban J connectivity index is 0.000000268. The maximum Gasteiger partial charge on any atom is 0.317 e. The van der Waals surface area contributed by atoms with Gasteiger partial charge in [0.2, 0.25) is 0 Å². The van der Waals surface area contributed by atoms with E-state index in [9.17, 15) is 19.2 Å². The van der Waals surface area contributed by atoms with Crippen molar-refractivity contribution < 1.29 is 39.6 Å². The molecule has 12 nitrogen and oxygen atoms in total. The average molecular weight is 783 g/mol. The van der Waals surface area contributed by atoms with Crippen molar-refractivity contribution in [1.82, 2.24) is 21.3 Å². The molecule has 314 valence electrons. The molecule has 5 rings (SSSR count). The number of carbonyl (C=O) groups is 4. The third-order valence-electron chi connectivity index (χ3n) is 10.2. The number of carboxylic acids is 4. The lowest BCUT2D eigenvalue weighted by atomic mass is 9.91. The molecule has 3 fully saturated rings. The van der Waals surface area contributed by atoms with Gasteiger partial charge < -0.3 is 41.7 Å². The zero-order valence-corrected chi connectivity index (χ0v) is 33.5. The molecule has 0 aliphatic heterocycles. The minimum Gasteiger partial charge on any atom is -0.480 e. The molecule has 56 heavy (non-hydrogen) atoms. The Labute approximate surface area is 334 Å². The topological polar surface area (TPSA) is 197 Å². The number of hydrogen-bond acceptors (Lipinski definition) is 8. The van der Waals surface area contributed by atoms with Crippen molar-refractivity contribution in [3.05, 3.63) is 71.8 Å². The van der Waals surface area contributed by atoms with Gasteiger partial charge in [-0.25, -0.2) is 0 Å². The summed E-state index contributed by atoms with van der Waals surface area (Å²) in [6.45, 7) is 0.941. The van der Waals surface area contributed by atoms with Crippen molar-refractivity contribution in [1.29, 1.82) is 0 Å². The fourth-order valence-corrected chi connectivity index (χ4v) is 6.96. The molecule has 0 saturated heterocycles. The molecule has 0 aromatic heterocycles. The quantitative estimate of drug-likeness (QED) is 0.0920. The highest BCUT2D eigenvalue weighted by Crippen LogP contribution is 2.24. The molecule has 2 aromatic rings. The van der Waals surface area contributed by atoms with Crippen LogP contribution >= 0.6 is 0 Å². The van der Waals surface area contributed by atoms with Crippen LogP contribution < -0.4 is 21.3 Å². The number of carboxylic acid groups (broad SMARTS) is 4. The van der Waals surface area contributed by atoms with E-state index in [2.05, 4.69) is 45.5 Å². The fraction of sp³-hybridized carbons (Fsp3) is 0.636. The summed E-state index contributed by atoms with van der Waals surface area (Å²) >= 11 is 0. The van der Waals surface area contributed by atoms with Gasteiger partial charge >= 0.3 is 23.9 Å². The highest BCUT2D eigenvalue weighted by atomic mass is 16.4. The molecule has 0 radical (unpaired) electrons. The van der Waals surface area contributed by atoms with Gasteiger partial charge in [-0.2, -0.15) is 0 Å². The predicted octanol–water partition coefficient (Wildman–Crippen LogP) is 7.03. The van der Waals surface area contributed by atoms with E-state index >= 15 is 0 Å². The summed E-state index contributed by atoms with van der Waals surface area (Å²) in [5.41, 5.74) is 2.37. The van der Waals surface area contributed by atoms with E-state index in [-0.39, 0.29) is 32.1 Å². The zero-order valence-electron chi connectivity index (χ0n) is 33.5. The van der Waals surface area contributed by atoms with Gasteiger partial charge in [-0.05, 0) is 49.7 Å². The first-order chi connectivity index (χ1) is 27.1. The lowest BCUT2D eigenvalue weighted by Crippen LogP contribution is -2.33. The Hall–Kier alpha value is -3.84. The molecule has 8 N–H and O–H groups in total. The second-order valence-corrected chi connectivity index (χ2v) is 15.1. The molecule has 0 bridgehead atoms. The van der Waals surface area contributed by atoms with E-state index in [1.54, 1.807) is 0 Å². The first-order valence-corrected chi connectivity index (χ1v) is 21.0. The standard InChI is InChI=1S/C16H17NO2.C13H25NO2.C10H19NO2.C5H9NO2/c18-16(19)12-17-11-15(13-7-3-1-4-8-13)14-9-5-2-6-10-14;15-13(16)11-14-12-9-7-5-3-1-2-4-6-8-10-12;12-10(13)8-11-9-6-4-2-1-3-5-7-9;7-5(8)3-6-4-1-2-4/h1-10,15,17H,11-12H2,(H,18,19);12,14H,1-11H2,(H,15,16);9,11H,1-8H2,(H,12,13);4,6H,1-3H2,(H,7,8). The van der Waals surface area contributed by atoms with Crippen molar-refractivity contribution >= 4 is 23.9 Å². The molecule has 3 aliphatic rings. The molecule has 0 heterocycles. The van der Waals surface area contributed by atoms with Gasteiger partial charge in [-0.1, -0.05) is 144 Å². The number of nitrogens with one attached hydrogen (secondary N) is 4. The Morgan fingerprint density at radius 3 is 1.00 bits per heavy atom. The summed E-state index contributed by atoms with van der Waals surface area (Å²) < 4.78 is 0. The van der Waals surface area contributed by atoms with Crippen LogP contribution in [0.2, 0.25) is 0 Å². The van der Waals surface area contributed by atoms with E-state index in [0.717, 1.165) is 38.5 Å². The molecule has 2 aromatic carbocycles. The Morgan fingerprint density at radius 1 is 0.429 bits per heavy atom. The van der Waals surface area contributed by atoms with Crippen LogP contribution in [0.15, 0.2) is 60.7 Å². The summed E-state index contributed by atoms with van der Waals surface area (Å²) in [6, 6.07) is 21.6. The van der Waals surface area contributed by atoms with Crippen molar-refractivity contribution in [2.24, 2.45) is 0 Å². The van der Waals surface area contributed by atoms with Gasteiger partial charge in [-0.3, -0.25) is 19.2 Å². The molecule has 0 spiro atoms. The summed E-state index contributed by atoms with van der Waals surface area (Å²) in [6.07, 6.45) is 23.9. The molecule has 3 aliphatic carbocycles. The zero-order chi connectivity index (χ0) is 40.6. The third kappa shape index (κ3) is 26.9. The van der Waals surface area contributed by atoms with Crippen LogP contribution in [0.1, 0.15) is 139 Å². The first kappa shape index (κ1) is 48.3. The van der Waals surface area contributed by atoms with Gasteiger partial charge in [-0.15, -0.1) is 0 Å². The van der Waals surface area contributed by atoms with Crippen molar-refractivity contribution in [3.8, 4) is 0 Å². The summed E-state index contributed by atoms with van der Waals surface area (Å²) in [5, 5.41) is 46.1. The van der Waals surface area contributed by atoms with Crippen molar-refractivity contribution in [2.75, 3.05) is 32.7 Å². The van der Waals surface area contributed by atoms with Crippen LogP contribution in [0.3, 0.4) is 0 Å². The van der Waals surface area contributed by atoms with Gasteiger partial charge in [0.15, 0.2) is 0 Å². The Kier molecular flexibility index (Phi) is 27.0. The number of rotatable bonds is 15. The van der Waals surface area contributed by atoms with Crippen LogP contribution in [0.25, 0.3) is 0 Å². The molecule has 0 atom stereocenters. The highest BCUT2D eigenvalue weighted by molar-refractivity contribution is 5.70. The first-order valence-electron chi connectivity index (χ1n) is 21.0. The lowest BCUT2D eigenvalue weighted by Gasteiger charge is -2.19. The monoisotopic (exact) mass is 783 g/mol. The van der Waals surface area contributed by atoms with Gasteiger partial charge in [0.25, 0.3) is 0 Å². The molecular weight excluding hydrogens is 713 g/mol. The number of aliphatic carboxylic acids is 4. The maximum absolute atomic E-state index is 10.6. The van der Waals surface area contributed by atoms with E-state index in [1.807, 2.05) is 36.4 Å². The minimum atomic E-state index is -0.833. The normalized spacial score (nSPS) is 17.1. The molecule has 0 amide bonds. The highest BCUT2D eigenvalue weighted by Gasteiger charge is 2.20. The second-order valence-electron chi connectivity index (χ2n) is 15.1. The number of benzene rings is 2. The average Bonchev–Trinajstić information content (AvgIpc) is 4.01. The van der Waals surface area contributed by atoms with Crippen LogP contribution in [-0.2, 0) is 19.2 Å². The van der Waals surface area contributed by atoms with Crippen LogP contribution in [0.5, 0.6) is 0 Å². The second kappa shape index (κ2) is 31.3. The summed E-state index contributed by atoms with van der Waals surface area (Å²) in [4.78, 5) is 41.3. The smallest absolute Gasteiger partial charge is 0.317 e. The number of hydrogen-bond donors (Lipinski definition) is 8. The Bertz CT molecular complexity index is 1270. The van der Waals surface area contributed by atoms with Crippen molar-refractivity contribution in [2.45, 2.75) is 146 Å². The van der Waals surface area contributed by atoms with E-state index in [0.29, 0.717) is 24.7 Å². The minimum absolute atomic E-state index is 0.0177. The summed E-state index contributed by atoms with van der Waals surface area (Å²) in [7, 11) is 0. The maximum atomic E-state index is 10.6. The van der Waals surface area contributed by atoms with E-state index in [4.69, 9.17) is 20.4 Å². The third-order valence-corrected chi connectivity index (χ3v) is 10.2. The fourth-order valence-electron chi connectivity index (χ4n) is 6.96. The van der Waals surface area contributed by atoms with Gasteiger partial charge in [0.1, 0.15) is 0 Å². The van der Waals surface area contributed by atoms with Crippen molar-refractivity contribution in [3.63, 3.8) is 0 Å². The van der Waals surface area contributed by atoms with E-state index < -0.39 is 23.9 Å². The van der Waals surface area contributed by atoms with Gasteiger partial charge in [0.05, 0.1) is 26.2 Å². The molecule has 0 unspecified atom stereocenters. The molecule has 12 heteroatoms. The van der Waals surface area contributed by atoms with Crippen LogP contribution in [0.4, 0.5) is 0 Å². The predicted molar refractivity (Wildman–Crippen MR) is 221 cm³/mol. The lowest BCUT2D eigenvalue weighted by molar-refractivity contribution is -0.137. The molecular formula is C44H70N4O8. The largest absolute Gasteiger partial charge is 0.480 e. The molecule has 3 saturated carbocycles. The van der Waals surface area contributed by atoms with Crippen LogP contribution in [-0.4, -0.2) is 95.2 Å². The SMILES string of the molecule is O=C(O)CNC1CC1.O=C(O)CNC1CCCCCCC1.O=C(O)CNC1CCCCCCCCCC1.O=C(O)CNCC(c1ccccc1)c1ccccc1.